The lowest BCUT2D eigenvalue weighted by atomic mass is 9.86. The third kappa shape index (κ3) is 2.33. The van der Waals surface area contributed by atoms with Crippen LogP contribution in [0, 0.1) is 12.3 Å². The van der Waals surface area contributed by atoms with Crippen LogP contribution >= 0.6 is 0 Å². The van der Waals surface area contributed by atoms with Crippen LogP contribution in [-0.4, -0.2) is 11.1 Å². The van der Waals surface area contributed by atoms with Gasteiger partial charge in [-0.25, -0.2) is 0 Å². The van der Waals surface area contributed by atoms with Crippen LogP contribution in [0.3, 0.4) is 0 Å². The Balaban J connectivity index is 2.34. The SMILES string of the molecule is Cc1cc2cc(CC(C)(C)C(=O)O)ccc2o1. The van der Waals surface area contributed by atoms with Gasteiger partial charge in [-0.1, -0.05) is 6.07 Å². The van der Waals surface area contributed by atoms with Crippen LogP contribution in [0.1, 0.15) is 25.2 Å². The number of hydrogen-bond donors (Lipinski definition) is 1. The van der Waals surface area contributed by atoms with E-state index in [4.69, 9.17) is 9.52 Å². The Morgan fingerprint density at radius 3 is 2.71 bits per heavy atom. The highest BCUT2D eigenvalue weighted by molar-refractivity contribution is 5.79. The summed E-state index contributed by atoms with van der Waals surface area (Å²) in [5, 5.41) is 10.1. The second-order valence-electron chi connectivity index (χ2n) is 5.10. The van der Waals surface area contributed by atoms with Gasteiger partial charge in [-0.15, -0.1) is 0 Å². The van der Waals surface area contributed by atoms with Crippen molar-refractivity contribution in [2.45, 2.75) is 27.2 Å². The molecule has 0 saturated heterocycles. The van der Waals surface area contributed by atoms with Crippen molar-refractivity contribution in [3.63, 3.8) is 0 Å². The standard InChI is InChI=1S/C14H16O3/c1-9-6-11-7-10(4-5-12(11)17-9)8-14(2,3)13(15)16/h4-7H,8H2,1-3H3,(H,15,16). The number of furan rings is 1. The zero-order valence-electron chi connectivity index (χ0n) is 10.3. The van der Waals surface area contributed by atoms with Crippen molar-refractivity contribution in [2.24, 2.45) is 5.41 Å². The van der Waals surface area contributed by atoms with Gasteiger partial charge in [0, 0.05) is 5.39 Å². The Labute approximate surface area is 100 Å². The van der Waals surface area contributed by atoms with E-state index in [0.29, 0.717) is 6.42 Å². The summed E-state index contributed by atoms with van der Waals surface area (Å²) >= 11 is 0. The minimum Gasteiger partial charge on any atom is -0.481 e. The summed E-state index contributed by atoms with van der Waals surface area (Å²) < 4.78 is 5.48. The van der Waals surface area contributed by atoms with Crippen molar-refractivity contribution in [3.8, 4) is 0 Å². The van der Waals surface area contributed by atoms with Crippen LogP contribution in [0.4, 0.5) is 0 Å². The third-order valence-corrected chi connectivity index (χ3v) is 2.93. The molecule has 0 atom stereocenters. The quantitative estimate of drug-likeness (QED) is 0.882. The number of fused-ring (bicyclic) bond motifs is 1. The molecule has 0 aliphatic rings. The Kier molecular flexibility index (Phi) is 2.69. The maximum atomic E-state index is 11.1. The number of hydrogen-bond acceptors (Lipinski definition) is 2. The van der Waals surface area contributed by atoms with Crippen LogP contribution in [0.15, 0.2) is 28.7 Å². The van der Waals surface area contributed by atoms with Gasteiger partial charge >= 0.3 is 5.97 Å². The van der Waals surface area contributed by atoms with Gasteiger partial charge < -0.3 is 9.52 Å². The lowest BCUT2D eigenvalue weighted by Crippen LogP contribution is -2.26. The molecule has 2 aromatic rings. The Hall–Kier alpha value is -1.77. The molecule has 0 unspecified atom stereocenters. The Morgan fingerprint density at radius 1 is 1.35 bits per heavy atom. The number of carboxylic acids is 1. The summed E-state index contributed by atoms with van der Waals surface area (Å²) in [6.45, 7) is 5.38. The van der Waals surface area contributed by atoms with Crippen LogP contribution in [-0.2, 0) is 11.2 Å². The first-order valence-electron chi connectivity index (χ1n) is 5.61. The highest BCUT2D eigenvalue weighted by atomic mass is 16.4. The molecule has 0 amide bonds. The molecule has 0 radical (unpaired) electrons. The minimum atomic E-state index is -0.777. The minimum absolute atomic E-state index is 0.516. The molecule has 1 aromatic heterocycles. The zero-order valence-corrected chi connectivity index (χ0v) is 10.3. The van der Waals surface area contributed by atoms with Crippen molar-refractivity contribution >= 4 is 16.9 Å². The molecule has 0 saturated carbocycles. The molecule has 3 nitrogen and oxygen atoms in total. The maximum Gasteiger partial charge on any atom is 0.309 e. The van der Waals surface area contributed by atoms with E-state index in [0.717, 1.165) is 22.3 Å². The molecule has 90 valence electrons. The third-order valence-electron chi connectivity index (χ3n) is 2.93. The van der Waals surface area contributed by atoms with Crippen molar-refractivity contribution in [1.29, 1.82) is 0 Å². The average Bonchev–Trinajstić information content (AvgIpc) is 2.56. The smallest absolute Gasteiger partial charge is 0.309 e. The number of aryl methyl sites for hydroxylation is 1. The summed E-state index contributed by atoms with van der Waals surface area (Å²) in [6, 6.07) is 7.79. The van der Waals surface area contributed by atoms with E-state index in [1.54, 1.807) is 13.8 Å². The molecule has 1 heterocycles. The van der Waals surface area contributed by atoms with E-state index in [9.17, 15) is 4.79 Å². The number of carbonyl (C=O) groups is 1. The van der Waals surface area contributed by atoms with Gasteiger partial charge in [0.25, 0.3) is 0 Å². The van der Waals surface area contributed by atoms with E-state index in [1.807, 2.05) is 31.2 Å². The molecule has 1 N–H and O–H groups in total. The lowest BCUT2D eigenvalue weighted by Gasteiger charge is -2.18. The highest BCUT2D eigenvalue weighted by Crippen LogP contribution is 2.26. The zero-order chi connectivity index (χ0) is 12.6. The van der Waals surface area contributed by atoms with Gasteiger partial charge in [-0.2, -0.15) is 0 Å². The van der Waals surface area contributed by atoms with Gasteiger partial charge in [0.05, 0.1) is 5.41 Å². The monoisotopic (exact) mass is 232 g/mol. The molecule has 2 rings (SSSR count). The van der Waals surface area contributed by atoms with Gasteiger partial charge in [0.2, 0.25) is 0 Å². The van der Waals surface area contributed by atoms with Crippen LogP contribution in [0.2, 0.25) is 0 Å². The molecule has 1 aromatic carbocycles. The second-order valence-corrected chi connectivity index (χ2v) is 5.10. The summed E-state index contributed by atoms with van der Waals surface area (Å²) in [5.41, 5.74) is 1.12. The van der Waals surface area contributed by atoms with Crippen molar-refractivity contribution < 1.29 is 14.3 Å². The van der Waals surface area contributed by atoms with Crippen LogP contribution < -0.4 is 0 Å². The molecule has 0 aliphatic carbocycles. The molecule has 0 spiro atoms. The molecule has 17 heavy (non-hydrogen) atoms. The van der Waals surface area contributed by atoms with Gasteiger partial charge in [-0.3, -0.25) is 4.79 Å². The van der Waals surface area contributed by atoms with E-state index in [2.05, 4.69) is 0 Å². The first kappa shape index (κ1) is 11.7. The molecular formula is C14H16O3. The number of benzene rings is 1. The molecular weight excluding hydrogens is 216 g/mol. The van der Waals surface area contributed by atoms with Crippen LogP contribution in [0.5, 0.6) is 0 Å². The first-order chi connectivity index (χ1) is 7.88. The highest BCUT2D eigenvalue weighted by Gasteiger charge is 2.27. The summed E-state index contributed by atoms with van der Waals surface area (Å²) in [7, 11) is 0. The van der Waals surface area contributed by atoms with E-state index in [-0.39, 0.29) is 0 Å². The van der Waals surface area contributed by atoms with Crippen molar-refractivity contribution in [1.82, 2.24) is 0 Å². The van der Waals surface area contributed by atoms with Crippen LogP contribution in [0.25, 0.3) is 11.0 Å². The molecule has 0 fully saturated rings. The fraction of sp³-hybridized carbons (Fsp3) is 0.357. The summed E-state index contributed by atoms with van der Waals surface area (Å²) in [5.74, 6) is 0.0932. The van der Waals surface area contributed by atoms with Gasteiger partial charge in [0.1, 0.15) is 11.3 Å². The van der Waals surface area contributed by atoms with Gasteiger partial charge in [0.15, 0.2) is 0 Å². The fourth-order valence-electron chi connectivity index (χ4n) is 1.92. The molecule has 0 bridgehead atoms. The molecule has 3 heteroatoms. The van der Waals surface area contributed by atoms with Crippen molar-refractivity contribution in [3.05, 3.63) is 35.6 Å². The number of carboxylic acid groups (broad SMARTS) is 1. The van der Waals surface area contributed by atoms with E-state index >= 15 is 0 Å². The first-order valence-corrected chi connectivity index (χ1v) is 5.61. The number of rotatable bonds is 3. The Morgan fingerprint density at radius 2 is 2.06 bits per heavy atom. The average molecular weight is 232 g/mol. The van der Waals surface area contributed by atoms with Gasteiger partial charge in [-0.05, 0) is 51.0 Å². The number of aliphatic carboxylic acids is 1. The van der Waals surface area contributed by atoms with E-state index < -0.39 is 11.4 Å². The maximum absolute atomic E-state index is 11.1. The molecule has 0 aliphatic heterocycles. The second kappa shape index (κ2) is 3.91. The predicted molar refractivity (Wildman–Crippen MR) is 66.1 cm³/mol. The fourth-order valence-corrected chi connectivity index (χ4v) is 1.92. The van der Waals surface area contributed by atoms with E-state index in [1.165, 1.54) is 0 Å². The summed E-state index contributed by atoms with van der Waals surface area (Å²) in [4.78, 5) is 11.1. The predicted octanol–water partition coefficient (Wildman–Crippen LogP) is 3.39. The lowest BCUT2D eigenvalue weighted by molar-refractivity contribution is -0.146. The normalized spacial score (nSPS) is 11.9. The summed E-state index contributed by atoms with van der Waals surface area (Å²) in [6.07, 6.45) is 0.516. The topological polar surface area (TPSA) is 50.4 Å². The van der Waals surface area contributed by atoms with Crippen molar-refractivity contribution in [2.75, 3.05) is 0 Å². The largest absolute Gasteiger partial charge is 0.481 e. The Bertz CT molecular complexity index is 564.